The molecular weight excluding hydrogens is 354 g/mol. The third-order valence-corrected chi connectivity index (χ3v) is 4.43. The number of hydrogen-bond acceptors (Lipinski definition) is 6. The van der Waals surface area contributed by atoms with Crippen molar-refractivity contribution in [2.75, 3.05) is 5.75 Å². The molecule has 0 atom stereocenters. The minimum atomic E-state index is -0.465. The van der Waals surface area contributed by atoms with Crippen molar-refractivity contribution in [1.82, 2.24) is 15.4 Å². The number of carbonyl (C=O) groups excluding carboxylic acids is 1. The van der Waals surface area contributed by atoms with Crippen LogP contribution in [0, 0.1) is 10.1 Å². The van der Waals surface area contributed by atoms with Gasteiger partial charge < -0.3 is 4.98 Å². The highest BCUT2D eigenvalue weighted by Gasteiger charge is 2.08. The summed E-state index contributed by atoms with van der Waals surface area (Å²) in [6.07, 6.45) is 0. The monoisotopic (exact) mass is 369 g/mol. The summed E-state index contributed by atoms with van der Waals surface area (Å²) in [6, 6.07) is 13.6. The Kier molecular flexibility index (Phi) is 5.28. The lowest BCUT2D eigenvalue weighted by atomic mass is 10.1. The molecule has 0 unspecified atom stereocenters. The van der Waals surface area contributed by atoms with E-state index in [-0.39, 0.29) is 17.3 Å². The van der Waals surface area contributed by atoms with Gasteiger partial charge in [0, 0.05) is 12.1 Å². The van der Waals surface area contributed by atoms with Crippen LogP contribution in [0.1, 0.15) is 12.5 Å². The predicted octanol–water partition coefficient (Wildman–Crippen LogP) is 3.10. The van der Waals surface area contributed by atoms with Crippen LogP contribution in [-0.4, -0.2) is 32.3 Å². The fraction of sp³-hybridized carbons (Fsp3) is 0.118. The minimum Gasteiger partial charge on any atom is -0.333 e. The molecule has 1 heterocycles. The van der Waals surface area contributed by atoms with Gasteiger partial charge in [0.2, 0.25) is 0 Å². The lowest BCUT2D eigenvalue weighted by Crippen LogP contribution is -2.21. The SMILES string of the molecule is CC(=NNC(=O)CSc1nc2ccccc2[nH]1)c1ccc([N+](=O)[O-])cc1. The standard InChI is InChI=1S/C17H15N5O3S/c1-11(12-6-8-13(9-7-12)22(24)25)20-21-16(23)10-26-17-18-14-4-2-3-5-15(14)19-17/h2-9H,10H2,1H3,(H,18,19)(H,21,23). The average molecular weight is 369 g/mol. The first-order valence-corrected chi connectivity index (χ1v) is 8.67. The number of nitrogens with zero attached hydrogens (tertiary/aromatic N) is 3. The highest BCUT2D eigenvalue weighted by atomic mass is 32.2. The van der Waals surface area contributed by atoms with Gasteiger partial charge in [-0.3, -0.25) is 14.9 Å². The molecule has 3 rings (SSSR count). The van der Waals surface area contributed by atoms with Crippen molar-refractivity contribution in [3.05, 3.63) is 64.2 Å². The van der Waals surface area contributed by atoms with Crippen molar-refractivity contribution >= 4 is 40.1 Å². The molecule has 0 spiro atoms. The maximum absolute atomic E-state index is 11.9. The van der Waals surface area contributed by atoms with Crippen LogP contribution in [-0.2, 0) is 4.79 Å². The average Bonchev–Trinajstić information content (AvgIpc) is 3.07. The largest absolute Gasteiger partial charge is 0.333 e. The maximum Gasteiger partial charge on any atom is 0.269 e. The number of non-ortho nitro benzene ring substituents is 1. The Labute approximate surface area is 152 Å². The smallest absolute Gasteiger partial charge is 0.269 e. The van der Waals surface area contributed by atoms with E-state index in [1.54, 1.807) is 19.1 Å². The van der Waals surface area contributed by atoms with Crippen molar-refractivity contribution in [3.8, 4) is 0 Å². The van der Waals surface area contributed by atoms with Crippen molar-refractivity contribution in [3.63, 3.8) is 0 Å². The van der Waals surface area contributed by atoms with Crippen LogP contribution in [0.2, 0.25) is 0 Å². The molecule has 9 heteroatoms. The molecule has 0 saturated heterocycles. The molecule has 0 aliphatic rings. The van der Waals surface area contributed by atoms with E-state index in [0.717, 1.165) is 11.0 Å². The van der Waals surface area contributed by atoms with E-state index < -0.39 is 4.92 Å². The summed E-state index contributed by atoms with van der Waals surface area (Å²) in [5, 5.41) is 15.3. The zero-order chi connectivity index (χ0) is 18.5. The van der Waals surface area contributed by atoms with Gasteiger partial charge in [-0.1, -0.05) is 23.9 Å². The molecule has 1 aromatic heterocycles. The van der Waals surface area contributed by atoms with Crippen LogP contribution in [0.25, 0.3) is 11.0 Å². The summed E-state index contributed by atoms with van der Waals surface area (Å²) in [6.45, 7) is 1.72. The first kappa shape index (κ1) is 17.6. The molecular formula is C17H15N5O3S. The number of carbonyl (C=O) groups is 1. The number of H-pyrrole nitrogens is 1. The lowest BCUT2D eigenvalue weighted by Gasteiger charge is -2.02. The van der Waals surface area contributed by atoms with E-state index in [4.69, 9.17) is 0 Å². The minimum absolute atomic E-state index is 0.00724. The van der Waals surface area contributed by atoms with E-state index in [1.807, 2.05) is 24.3 Å². The highest BCUT2D eigenvalue weighted by Crippen LogP contribution is 2.18. The quantitative estimate of drug-likeness (QED) is 0.300. The Morgan fingerprint density at radius 2 is 2.00 bits per heavy atom. The second-order valence-corrected chi connectivity index (χ2v) is 6.35. The van der Waals surface area contributed by atoms with E-state index >= 15 is 0 Å². The Morgan fingerprint density at radius 3 is 2.69 bits per heavy atom. The number of para-hydroxylation sites is 2. The lowest BCUT2D eigenvalue weighted by molar-refractivity contribution is -0.384. The number of nitro groups is 1. The summed E-state index contributed by atoms with van der Waals surface area (Å²) >= 11 is 1.28. The molecule has 2 N–H and O–H groups in total. The number of fused-ring (bicyclic) bond motifs is 1. The molecule has 3 aromatic rings. The van der Waals surface area contributed by atoms with Crippen LogP contribution < -0.4 is 5.43 Å². The Morgan fingerprint density at radius 1 is 1.27 bits per heavy atom. The van der Waals surface area contributed by atoms with Gasteiger partial charge in [-0.15, -0.1) is 0 Å². The van der Waals surface area contributed by atoms with E-state index in [9.17, 15) is 14.9 Å². The van der Waals surface area contributed by atoms with Gasteiger partial charge in [0.05, 0.1) is 27.4 Å². The van der Waals surface area contributed by atoms with Crippen LogP contribution >= 0.6 is 11.8 Å². The number of amides is 1. The van der Waals surface area contributed by atoms with Crippen molar-refractivity contribution in [2.24, 2.45) is 5.10 Å². The number of hydrazone groups is 1. The van der Waals surface area contributed by atoms with E-state index in [2.05, 4.69) is 20.5 Å². The predicted molar refractivity (Wildman–Crippen MR) is 100 cm³/mol. The zero-order valence-corrected chi connectivity index (χ0v) is 14.6. The molecule has 26 heavy (non-hydrogen) atoms. The van der Waals surface area contributed by atoms with Gasteiger partial charge >= 0.3 is 0 Å². The fourth-order valence-electron chi connectivity index (χ4n) is 2.20. The summed E-state index contributed by atoms with van der Waals surface area (Å²) < 4.78 is 0. The number of thioether (sulfide) groups is 1. The summed E-state index contributed by atoms with van der Waals surface area (Å²) in [4.78, 5) is 29.7. The first-order valence-electron chi connectivity index (χ1n) is 7.68. The van der Waals surface area contributed by atoms with Crippen LogP contribution in [0.5, 0.6) is 0 Å². The number of aromatic nitrogens is 2. The number of rotatable bonds is 6. The molecule has 0 aliphatic carbocycles. The van der Waals surface area contributed by atoms with Gasteiger partial charge in [-0.25, -0.2) is 10.4 Å². The molecule has 1 amide bonds. The summed E-state index contributed by atoms with van der Waals surface area (Å²) in [5.74, 6) is -0.103. The van der Waals surface area contributed by atoms with Gasteiger partial charge in [0.25, 0.3) is 11.6 Å². The zero-order valence-electron chi connectivity index (χ0n) is 13.8. The molecule has 0 aliphatic heterocycles. The first-order chi connectivity index (χ1) is 12.5. The molecule has 132 valence electrons. The molecule has 2 aromatic carbocycles. The van der Waals surface area contributed by atoms with Crippen LogP contribution in [0.15, 0.2) is 58.8 Å². The van der Waals surface area contributed by atoms with Gasteiger partial charge in [-0.2, -0.15) is 5.10 Å². The van der Waals surface area contributed by atoms with Gasteiger partial charge in [0.15, 0.2) is 5.16 Å². The third kappa shape index (κ3) is 4.25. The molecule has 0 fully saturated rings. The number of benzene rings is 2. The van der Waals surface area contributed by atoms with Gasteiger partial charge in [-0.05, 0) is 36.8 Å². The Bertz CT molecular complexity index is 948. The highest BCUT2D eigenvalue weighted by molar-refractivity contribution is 7.99. The second-order valence-electron chi connectivity index (χ2n) is 5.38. The van der Waals surface area contributed by atoms with Crippen LogP contribution in [0.4, 0.5) is 5.69 Å². The van der Waals surface area contributed by atoms with Crippen molar-refractivity contribution < 1.29 is 9.72 Å². The van der Waals surface area contributed by atoms with Crippen molar-refractivity contribution in [1.29, 1.82) is 0 Å². The third-order valence-electron chi connectivity index (χ3n) is 3.55. The van der Waals surface area contributed by atoms with Gasteiger partial charge in [0.1, 0.15) is 0 Å². The second kappa shape index (κ2) is 7.79. The number of nitrogens with one attached hydrogen (secondary N) is 2. The molecule has 0 radical (unpaired) electrons. The van der Waals surface area contributed by atoms with Crippen molar-refractivity contribution in [2.45, 2.75) is 12.1 Å². The molecule has 0 bridgehead atoms. The number of imidazole rings is 1. The molecule has 8 nitrogen and oxygen atoms in total. The number of hydrogen-bond donors (Lipinski definition) is 2. The normalized spacial score (nSPS) is 11.5. The van der Waals surface area contributed by atoms with E-state index in [0.29, 0.717) is 16.4 Å². The van der Waals surface area contributed by atoms with E-state index in [1.165, 1.54) is 23.9 Å². The summed E-state index contributed by atoms with van der Waals surface area (Å²) in [5.41, 5.74) is 5.50. The maximum atomic E-state index is 11.9. The fourth-order valence-corrected chi connectivity index (χ4v) is 2.88. The topological polar surface area (TPSA) is 113 Å². The van der Waals surface area contributed by atoms with Crippen LogP contribution in [0.3, 0.4) is 0 Å². The number of aromatic amines is 1. The summed E-state index contributed by atoms with van der Waals surface area (Å²) in [7, 11) is 0. The number of nitro benzene ring substituents is 1. The Balaban J connectivity index is 1.55. The molecule has 0 saturated carbocycles. The Hall–Kier alpha value is -3.20.